The fourth-order valence-corrected chi connectivity index (χ4v) is 4.40. The number of nitrogens with zero attached hydrogens (tertiary/aromatic N) is 1. The van der Waals surface area contributed by atoms with Gasteiger partial charge in [-0.1, -0.05) is 48.5 Å². The molecule has 132 valence electrons. The summed E-state index contributed by atoms with van der Waals surface area (Å²) in [6.07, 6.45) is 4.30. The molecule has 0 unspecified atom stereocenters. The van der Waals surface area contributed by atoms with Crippen LogP contribution in [0.4, 0.5) is 0 Å². The summed E-state index contributed by atoms with van der Waals surface area (Å²) >= 11 is 0. The number of carbonyl (C=O) groups is 1. The Labute approximate surface area is 159 Å². The monoisotopic (exact) mass is 351 g/mol. The van der Waals surface area contributed by atoms with Crippen molar-refractivity contribution >= 4 is 16.7 Å². The van der Waals surface area contributed by atoms with E-state index in [0.717, 1.165) is 29.3 Å². The maximum atomic E-state index is 11.8. The number of hydrogen-bond donors (Lipinski definition) is 0. The van der Waals surface area contributed by atoms with Crippen molar-refractivity contribution in [1.82, 2.24) is 4.57 Å². The van der Waals surface area contributed by atoms with Crippen LogP contribution in [0.2, 0.25) is 0 Å². The van der Waals surface area contributed by atoms with Gasteiger partial charge in [-0.05, 0) is 66.3 Å². The lowest BCUT2D eigenvalue weighted by Crippen LogP contribution is -2.13. The number of carbonyl (C=O) groups excluding carboxylic acids is 1. The van der Waals surface area contributed by atoms with Crippen molar-refractivity contribution < 1.29 is 4.79 Å². The molecule has 0 spiro atoms. The molecule has 1 aliphatic carbocycles. The van der Waals surface area contributed by atoms with Crippen LogP contribution in [0, 0.1) is 0 Å². The first-order valence-electron chi connectivity index (χ1n) is 9.49. The predicted molar refractivity (Wildman–Crippen MR) is 109 cm³/mol. The first-order chi connectivity index (χ1) is 13.2. The van der Waals surface area contributed by atoms with E-state index in [2.05, 4.69) is 71.4 Å². The molecule has 0 aliphatic heterocycles. The second-order valence-electron chi connectivity index (χ2n) is 7.35. The molecular formula is C25H21NO. The van der Waals surface area contributed by atoms with Crippen LogP contribution in [-0.2, 0) is 12.8 Å². The molecule has 0 radical (unpaired) electrons. The molecule has 0 fully saturated rings. The number of aromatic nitrogens is 1. The van der Waals surface area contributed by atoms with Crippen molar-refractivity contribution in [3.63, 3.8) is 0 Å². The molecule has 0 saturated carbocycles. The standard InChI is InChI=1S/C25H21NO/c1-17(27)20-12-13-24-21(16-20)14-15-26(24)25-22-8-4-2-6-18(22)10-11-19-7-3-5-9-23(19)25/h2-9,12-16,25H,10-11H2,1H3. The Balaban J connectivity index is 1.77. The third kappa shape index (κ3) is 2.60. The summed E-state index contributed by atoms with van der Waals surface area (Å²) in [6, 6.07) is 25.9. The molecule has 0 bridgehead atoms. The molecule has 1 aliphatic rings. The van der Waals surface area contributed by atoms with Crippen LogP contribution in [0.3, 0.4) is 0 Å². The van der Waals surface area contributed by atoms with Crippen LogP contribution in [0.25, 0.3) is 10.9 Å². The van der Waals surface area contributed by atoms with Gasteiger partial charge in [0.2, 0.25) is 0 Å². The van der Waals surface area contributed by atoms with Crippen molar-refractivity contribution in [2.24, 2.45) is 0 Å². The third-order valence-corrected chi connectivity index (χ3v) is 5.77. The quantitative estimate of drug-likeness (QED) is 0.432. The Kier molecular flexibility index (Phi) is 3.71. The summed E-state index contributed by atoms with van der Waals surface area (Å²) < 4.78 is 2.36. The third-order valence-electron chi connectivity index (χ3n) is 5.77. The average molecular weight is 351 g/mol. The highest BCUT2D eigenvalue weighted by atomic mass is 16.1. The van der Waals surface area contributed by atoms with Crippen LogP contribution >= 0.6 is 0 Å². The topological polar surface area (TPSA) is 22.0 Å². The maximum absolute atomic E-state index is 11.8. The maximum Gasteiger partial charge on any atom is 0.159 e. The van der Waals surface area contributed by atoms with Crippen molar-refractivity contribution in [2.75, 3.05) is 0 Å². The molecule has 27 heavy (non-hydrogen) atoms. The van der Waals surface area contributed by atoms with Gasteiger partial charge in [0, 0.05) is 22.7 Å². The van der Waals surface area contributed by atoms with E-state index in [-0.39, 0.29) is 11.8 Å². The lowest BCUT2D eigenvalue weighted by Gasteiger charge is -2.23. The molecule has 3 aromatic carbocycles. The van der Waals surface area contributed by atoms with Crippen LogP contribution in [0.1, 0.15) is 45.6 Å². The highest BCUT2D eigenvalue weighted by Crippen LogP contribution is 2.37. The normalized spacial score (nSPS) is 13.8. The van der Waals surface area contributed by atoms with E-state index in [9.17, 15) is 4.79 Å². The van der Waals surface area contributed by atoms with Gasteiger partial charge in [-0.15, -0.1) is 0 Å². The molecule has 0 N–H and O–H groups in total. The minimum atomic E-state index is 0.106. The highest BCUT2D eigenvalue weighted by molar-refractivity contribution is 5.98. The van der Waals surface area contributed by atoms with Gasteiger partial charge < -0.3 is 4.57 Å². The SMILES string of the molecule is CC(=O)c1ccc2c(ccn2C2c3ccccc3CCc3ccccc32)c1. The summed E-state index contributed by atoms with van der Waals surface area (Å²) in [5.41, 5.74) is 7.51. The van der Waals surface area contributed by atoms with E-state index >= 15 is 0 Å². The van der Waals surface area contributed by atoms with Crippen molar-refractivity contribution in [3.8, 4) is 0 Å². The number of benzene rings is 3. The zero-order valence-corrected chi connectivity index (χ0v) is 15.4. The first-order valence-corrected chi connectivity index (χ1v) is 9.49. The second kappa shape index (κ2) is 6.24. The second-order valence-corrected chi connectivity index (χ2v) is 7.35. The van der Waals surface area contributed by atoms with Crippen LogP contribution in [0.5, 0.6) is 0 Å². The van der Waals surface area contributed by atoms with Gasteiger partial charge in [-0.25, -0.2) is 0 Å². The van der Waals surface area contributed by atoms with Gasteiger partial charge in [-0.2, -0.15) is 0 Å². The molecular weight excluding hydrogens is 330 g/mol. The van der Waals surface area contributed by atoms with E-state index in [4.69, 9.17) is 0 Å². The van der Waals surface area contributed by atoms with Gasteiger partial charge in [0.05, 0.1) is 6.04 Å². The van der Waals surface area contributed by atoms with Gasteiger partial charge >= 0.3 is 0 Å². The summed E-state index contributed by atoms with van der Waals surface area (Å²) in [4.78, 5) is 11.8. The number of hydrogen-bond acceptors (Lipinski definition) is 1. The van der Waals surface area contributed by atoms with E-state index in [1.54, 1.807) is 6.92 Å². The Morgan fingerprint density at radius 1 is 0.852 bits per heavy atom. The van der Waals surface area contributed by atoms with Gasteiger partial charge in [0.1, 0.15) is 0 Å². The molecule has 2 nitrogen and oxygen atoms in total. The molecule has 0 atom stereocenters. The smallest absolute Gasteiger partial charge is 0.159 e. The zero-order chi connectivity index (χ0) is 18.4. The molecule has 0 saturated heterocycles. The molecule has 1 aromatic heterocycles. The fraction of sp³-hybridized carbons (Fsp3) is 0.160. The zero-order valence-electron chi connectivity index (χ0n) is 15.4. The van der Waals surface area contributed by atoms with Crippen LogP contribution in [0.15, 0.2) is 79.0 Å². The number of aryl methyl sites for hydroxylation is 2. The van der Waals surface area contributed by atoms with E-state index in [1.807, 2.05) is 12.1 Å². The molecule has 1 heterocycles. The van der Waals surface area contributed by atoms with Crippen LogP contribution in [-0.4, -0.2) is 10.4 Å². The summed E-state index contributed by atoms with van der Waals surface area (Å²) in [6.45, 7) is 1.62. The Morgan fingerprint density at radius 3 is 2.11 bits per heavy atom. The largest absolute Gasteiger partial charge is 0.336 e. The first kappa shape index (κ1) is 16.1. The van der Waals surface area contributed by atoms with Crippen molar-refractivity contribution in [2.45, 2.75) is 25.8 Å². The predicted octanol–water partition coefficient (Wildman–Crippen LogP) is 5.58. The number of Topliss-reactive ketones (excluding diaryl/α,β-unsaturated/α-hetero) is 1. The Hall–Kier alpha value is -3.13. The van der Waals surface area contributed by atoms with Crippen LogP contribution < -0.4 is 0 Å². The number of rotatable bonds is 2. The Bertz CT molecular complexity index is 1120. The minimum Gasteiger partial charge on any atom is -0.336 e. The number of fused-ring (bicyclic) bond motifs is 3. The lowest BCUT2D eigenvalue weighted by atomic mass is 9.94. The van der Waals surface area contributed by atoms with Crippen molar-refractivity contribution in [3.05, 3.63) is 107 Å². The van der Waals surface area contributed by atoms with E-state index in [1.165, 1.54) is 22.3 Å². The lowest BCUT2D eigenvalue weighted by molar-refractivity contribution is 0.101. The van der Waals surface area contributed by atoms with Gasteiger partial charge in [0.25, 0.3) is 0 Å². The molecule has 4 aromatic rings. The number of ketones is 1. The average Bonchev–Trinajstić information content (AvgIpc) is 3.03. The molecule has 5 rings (SSSR count). The van der Waals surface area contributed by atoms with E-state index < -0.39 is 0 Å². The van der Waals surface area contributed by atoms with Crippen molar-refractivity contribution in [1.29, 1.82) is 0 Å². The fourth-order valence-electron chi connectivity index (χ4n) is 4.40. The summed E-state index contributed by atoms with van der Waals surface area (Å²) in [7, 11) is 0. The van der Waals surface area contributed by atoms with Gasteiger partial charge in [-0.3, -0.25) is 4.79 Å². The summed E-state index contributed by atoms with van der Waals surface area (Å²) in [5, 5.41) is 1.11. The Morgan fingerprint density at radius 2 is 1.48 bits per heavy atom. The van der Waals surface area contributed by atoms with Gasteiger partial charge in [0.15, 0.2) is 5.78 Å². The summed E-state index contributed by atoms with van der Waals surface area (Å²) in [5.74, 6) is 0.106. The molecule has 0 amide bonds. The minimum absolute atomic E-state index is 0.106. The van der Waals surface area contributed by atoms with E-state index in [0.29, 0.717) is 0 Å². The highest BCUT2D eigenvalue weighted by Gasteiger charge is 2.25. The molecule has 2 heteroatoms.